The third-order valence-electron chi connectivity index (χ3n) is 4.34. The summed E-state index contributed by atoms with van der Waals surface area (Å²) in [5, 5.41) is 3.48. The molecule has 6 heteroatoms. The van der Waals surface area contributed by atoms with Gasteiger partial charge in [0.05, 0.1) is 31.5 Å². The fourth-order valence-electron chi connectivity index (χ4n) is 2.93. The van der Waals surface area contributed by atoms with Gasteiger partial charge in [0.25, 0.3) is 0 Å². The van der Waals surface area contributed by atoms with Gasteiger partial charge in [-0.05, 0) is 62.2 Å². The molecule has 0 atom stereocenters. The number of aryl methyl sites for hydroxylation is 2. The van der Waals surface area contributed by atoms with Crippen molar-refractivity contribution in [2.45, 2.75) is 20.3 Å². The smallest absolute Gasteiger partial charge is 0.238 e. The lowest BCUT2D eigenvalue weighted by atomic mass is 10.1. The van der Waals surface area contributed by atoms with E-state index in [2.05, 4.69) is 5.32 Å². The summed E-state index contributed by atoms with van der Waals surface area (Å²) in [4.78, 5) is 14.3. The number of anilines is 1. The van der Waals surface area contributed by atoms with Gasteiger partial charge < -0.3 is 14.8 Å². The number of halogens is 1. The molecule has 146 valence electrons. The minimum absolute atomic E-state index is 0.0846. The number of rotatable bonds is 8. The van der Waals surface area contributed by atoms with E-state index < -0.39 is 0 Å². The molecular weight excluding hydrogens is 364 g/mol. The molecule has 0 aliphatic rings. The zero-order valence-corrected chi connectivity index (χ0v) is 17.3. The van der Waals surface area contributed by atoms with Crippen molar-refractivity contribution < 1.29 is 14.3 Å². The minimum Gasteiger partial charge on any atom is -0.493 e. The molecule has 0 aliphatic heterocycles. The van der Waals surface area contributed by atoms with Crippen LogP contribution in [0.2, 0.25) is 5.02 Å². The molecule has 2 aromatic rings. The van der Waals surface area contributed by atoms with Crippen molar-refractivity contribution in [1.82, 2.24) is 4.90 Å². The molecule has 5 nitrogen and oxygen atoms in total. The second kappa shape index (κ2) is 9.62. The van der Waals surface area contributed by atoms with Crippen molar-refractivity contribution in [3.05, 3.63) is 52.0 Å². The van der Waals surface area contributed by atoms with Crippen LogP contribution < -0.4 is 14.8 Å². The molecule has 0 aliphatic carbocycles. The average molecular weight is 391 g/mol. The van der Waals surface area contributed by atoms with Gasteiger partial charge in [-0.25, -0.2) is 0 Å². The number of hydrogen-bond donors (Lipinski definition) is 1. The third kappa shape index (κ3) is 5.88. The standard InChI is InChI=1S/C21H27ClN2O3/c1-14-10-15(2)21(17(22)11-14)23-20(25)13-24(3)9-8-16-6-7-18(26-4)19(12-16)27-5/h6-7,10-12H,8-9,13H2,1-5H3,(H,23,25). The Kier molecular flexibility index (Phi) is 7.51. The quantitative estimate of drug-likeness (QED) is 0.737. The lowest BCUT2D eigenvalue weighted by Crippen LogP contribution is -2.31. The Morgan fingerprint density at radius 1 is 1.11 bits per heavy atom. The maximum atomic E-state index is 12.4. The summed E-state index contributed by atoms with van der Waals surface area (Å²) in [5.74, 6) is 1.33. The molecule has 0 unspecified atom stereocenters. The first-order chi connectivity index (χ1) is 12.8. The summed E-state index contributed by atoms with van der Waals surface area (Å²) in [6, 6.07) is 9.71. The Morgan fingerprint density at radius 3 is 2.44 bits per heavy atom. The van der Waals surface area contributed by atoms with Crippen LogP contribution in [-0.2, 0) is 11.2 Å². The van der Waals surface area contributed by atoms with Gasteiger partial charge in [-0.1, -0.05) is 23.7 Å². The Hall–Kier alpha value is -2.24. The molecule has 0 fully saturated rings. The summed E-state index contributed by atoms with van der Waals surface area (Å²) >= 11 is 6.26. The minimum atomic E-state index is -0.0846. The van der Waals surface area contributed by atoms with Crippen LogP contribution in [-0.4, -0.2) is 45.2 Å². The van der Waals surface area contributed by atoms with Crippen LogP contribution in [0.3, 0.4) is 0 Å². The number of likely N-dealkylation sites (N-methyl/N-ethyl adjacent to an activating group) is 1. The summed E-state index contributed by atoms with van der Waals surface area (Å²) in [5.41, 5.74) is 3.83. The molecule has 2 aromatic carbocycles. The summed E-state index contributed by atoms with van der Waals surface area (Å²) in [7, 11) is 5.16. The van der Waals surface area contributed by atoms with Crippen LogP contribution >= 0.6 is 11.6 Å². The first-order valence-corrected chi connectivity index (χ1v) is 9.18. The predicted molar refractivity (Wildman–Crippen MR) is 110 cm³/mol. The predicted octanol–water partition coefficient (Wildman–Crippen LogP) is 4.09. The van der Waals surface area contributed by atoms with Gasteiger partial charge in [0.2, 0.25) is 5.91 Å². The Balaban J connectivity index is 1.90. The number of methoxy groups -OCH3 is 2. The molecule has 1 N–H and O–H groups in total. The van der Waals surface area contributed by atoms with E-state index in [4.69, 9.17) is 21.1 Å². The van der Waals surface area contributed by atoms with E-state index in [1.54, 1.807) is 14.2 Å². The SMILES string of the molecule is COc1ccc(CCN(C)CC(=O)Nc2c(C)cc(C)cc2Cl)cc1OC. The maximum absolute atomic E-state index is 12.4. The fourth-order valence-corrected chi connectivity index (χ4v) is 3.30. The molecule has 0 saturated carbocycles. The van der Waals surface area contributed by atoms with Gasteiger partial charge in [0, 0.05) is 6.54 Å². The second-order valence-electron chi connectivity index (χ2n) is 6.66. The second-order valence-corrected chi connectivity index (χ2v) is 7.07. The number of benzene rings is 2. The fraction of sp³-hybridized carbons (Fsp3) is 0.381. The van der Waals surface area contributed by atoms with E-state index in [1.807, 2.05) is 56.1 Å². The van der Waals surface area contributed by atoms with E-state index in [-0.39, 0.29) is 12.5 Å². The molecule has 0 spiro atoms. The van der Waals surface area contributed by atoms with Crippen LogP contribution in [0.5, 0.6) is 11.5 Å². The van der Waals surface area contributed by atoms with Crippen LogP contribution in [0, 0.1) is 13.8 Å². The van der Waals surface area contributed by atoms with Gasteiger partial charge >= 0.3 is 0 Å². The topological polar surface area (TPSA) is 50.8 Å². The van der Waals surface area contributed by atoms with E-state index in [1.165, 1.54) is 0 Å². The highest BCUT2D eigenvalue weighted by molar-refractivity contribution is 6.34. The average Bonchev–Trinajstić information content (AvgIpc) is 2.62. The molecule has 2 rings (SSSR count). The van der Waals surface area contributed by atoms with Crippen molar-refractivity contribution in [1.29, 1.82) is 0 Å². The Morgan fingerprint density at radius 2 is 1.81 bits per heavy atom. The van der Waals surface area contributed by atoms with Crippen LogP contribution in [0.15, 0.2) is 30.3 Å². The van der Waals surface area contributed by atoms with Crippen molar-refractivity contribution in [3.8, 4) is 11.5 Å². The van der Waals surface area contributed by atoms with Gasteiger partial charge in [0.1, 0.15) is 0 Å². The number of amides is 1. The van der Waals surface area contributed by atoms with Gasteiger partial charge in [-0.3, -0.25) is 9.69 Å². The molecule has 0 heterocycles. The van der Waals surface area contributed by atoms with Gasteiger partial charge in [0.15, 0.2) is 11.5 Å². The number of nitrogens with one attached hydrogen (secondary N) is 1. The molecular formula is C21H27ClN2O3. The number of ether oxygens (including phenoxy) is 2. The van der Waals surface area contributed by atoms with Crippen molar-refractivity contribution >= 4 is 23.2 Å². The van der Waals surface area contributed by atoms with Gasteiger partial charge in [-0.15, -0.1) is 0 Å². The highest BCUT2D eigenvalue weighted by Gasteiger charge is 2.12. The normalized spacial score (nSPS) is 10.8. The maximum Gasteiger partial charge on any atom is 0.238 e. The first-order valence-electron chi connectivity index (χ1n) is 8.80. The van der Waals surface area contributed by atoms with Crippen LogP contribution in [0.25, 0.3) is 0 Å². The van der Waals surface area contributed by atoms with Crippen LogP contribution in [0.1, 0.15) is 16.7 Å². The summed E-state index contributed by atoms with van der Waals surface area (Å²) in [6.45, 7) is 4.95. The number of nitrogens with zero attached hydrogens (tertiary/aromatic N) is 1. The Bertz CT molecular complexity index is 785. The van der Waals surface area contributed by atoms with Crippen LogP contribution in [0.4, 0.5) is 5.69 Å². The van der Waals surface area contributed by atoms with E-state index in [0.29, 0.717) is 22.2 Å². The molecule has 0 aromatic heterocycles. The van der Waals surface area contributed by atoms with Crippen molar-refractivity contribution in [2.24, 2.45) is 0 Å². The monoisotopic (exact) mass is 390 g/mol. The highest BCUT2D eigenvalue weighted by Crippen LogP contribution is 2.28. The number of carbonyl (C=O) groups is 1. The van der Waals surface area contributed by atoms with Crippen molar-refractivity contribution in [2.75, 3.05) is 39.7 Å². The summed E-state index contributed by atoms with van der Waals surface area (Å²) < 4.78 is 10.6. The molecule has 0 bridgehead atoms. The molecule has 0 radical (unpaired) electrons. The lowest BCUT2D eigenvalue weighted by Gasteiger charge is -2.18. The molecule has 1 amide bonds. The number of carbonyl (C=O) groups excluding carboxylic acids is 1. The largest absolute Gasteiger partial charge is 0.493 e. The van der Waals surface area contributed by atoms with E-state index in [9.17, 15) is 4.79 Å². The number of hydrogen-bond acceptors (Lipinski definition) is 4. The highest BCUT2D eigenvalue weighted by atomic mass is 35.5. The third-order valence-corrected chi connectivity index (χ3v) is 4.64. The van der Waals surface area contributed by atoms with E-state index in [0.717, 1.165) is 29.7 Å². The first kappa shape index (κ1) is 21.1. The lowest BCUT2D eigenvalue weighted by molar-refractivity contribution is -0.117. The van der Waals surface area contributed by atoms with Gasteiger partial charge in [-0.2, -0.15) is 0 Å². The molecule has 0 saturated heterocycles. The zero-order chi connectivity index (χ0) is 20.0. The van der Waals surface area contributed by atoms with Crippen molar-refractivity contribution in [3.63, 3.8) is 0 Å². The molecule has 27 heavy (non-hydrogen) atoms. The van der Waals surface area contributed by atoms with E-state index >= 15 is 0 Å². The summed E-state index contributed by atoms with van der Waals surface area (Å²) in [6.07, 6.45) is 0.800. The zero-order valence-electron chi connectivity index (χ0n) is 16.6. The Labute approximate surface area is 166 Å².